The maximum atomic E-state index is 14.0. The Labute approximate surface area is 385 Å². The van der Waals surface area contributed by atoms with Crippen LogP contribution in [-0.2, 0) is 62.5 Å². The highest BCUT2D eigenvalue weighted by atomic mass is 16.8. The van der Waals surface area contributed by atoms with Gasteiger partial charge in [0.15, 0.2) is 36.5 Å². The number of Topliss-reactive ketones (excluding diaryl/α,β-unsaturated/α-hetero) is 1. The first-order valence-corrected chi connectivity index (χ1v) is 23.6. The third-order valence-electron chi connectivity index (χ3n) is 15.9. The highest BCUT2D eigenvalue weighted by Gasteiger charge is 2.59. The number of allylic oxidation sites excluding steroid dienone is 1. The summed E-state index contributed by atoms with van der Waals surface area (Å²) in [6.07, 6.45) is -8.67. The number of aliphatic hydroxyl groups excluding tert-OH is 5. The average molecular weight is 941 g/mol. The average Bonchev–Trinajstić information content (AvgIpc) is 3.73. The normalized spacial score (nSPS) is 48.9. The monoisotopic (exact) mass is 940 g/mol. The van der Waals surface area contributed by atoms with Gasteiger partial charge in [0, 0.05) is 52.1 Å². The standard InChI is InChI=1S/C47H72O19/c1-21-27(12-14-58-21)47(54)13-11-28-26(44(47)53)10-9-25-15-30(29(49)19-46(25,28)5)62-35-16-31(55-6)41(22(2)59-35)64-36-17-32(56-7)42(23(3)60-36)65-37-18-33(57-8)43(24(4)61-37)66-45-40(52)39(51)38(50)34(20-48)63-45/h9,12,14,22-24,26,28-43,45,48-52,54H,10-11,13,15-20H2,1-8H3/t22-,23+,24-,26-,28+,29-,30-,31+,32+,33+,34-,35+,36+,37+,38-,39+,40-,41-,42-,43-,45+,46+,47+/m1/s1. The Balaban J connectivity index is 0.840. The summed E-state index contributed by atoms with van der Waals surface area (Å²) in [5, 5.41) is 64.0. The zero-order valence-electron chi connectivity index (χ0n) is 39.2. The molecule has 1 aromatic heterocycles. The van der Waals surface area contributed by atoms with Crippen molar-refractivity contribution < 1.29 is 92.0 Å². The van der Waals surface area contributed by atoms with E-state index in [4.69, 9.17) is 56.5 Å². The molecule has 0 spiro atoms. The zero-order chi connectivity index (χ0) is 47.4. The molecule has 4 saturated heterocycles. The molecular formula is C47H72O19. The molecule has 0 amide bonds. The molecule has 66 heavy (non-hydrogen) atoms. The Kier molecular flexibility index (Phi) is 15.6. The number of aliphatic hydroxyl groups is 6. The first kappa shape index (κ1) is 50.4. The van der Waals surface area contributed by atoms with Crippen LogP contribution in [0.1, 0.15) is 90.4 Å². The molecule has 4 aliphatic heterocycles. The van der Waals surface area contributed by atoms with Gasteiger partial charge >= 0.3 is 0 Å². The number of rotatable bonds is 13. The maximum Gasteiger partial charge on any atom is 0.187 e. The Morgan fingerprint density at radius 3 is 1.80 bits per heavy atom. The number of furan rings is 1. The fraction of sp³-hybridized carbons (Fsp3) is 0.851. The summed E-state index contributed by atoms with van der Waals surface area (Å²) >= 11 is 0. The van der Waals surface area contributed by atoms with Crippen molar-refractivity contribution >= 4 is 5.78 Å². The molecule has 374 valence electrons. The Morgan fingerprint density at radius 1 is 0.742 bits per heavy atom. The molecule has 7 aliphatic rings. The lowest BCUT2D eigenvalue weighted by Crippen LogP contribution is -2.62. The summed E-state index contributed by atoms with van der Waals surface area (Å²) in [6, 6.07) is 1.69. The summed E-state index contributed by atoms with van der Waals surface area (Å²) in [4.78, 5) is 14.0. The van der Waals surface area contributed by atoms with E-state index >= 15 is 0 Å². The van der Waals surface area contributed by atoms with Crippen molar-refractivity contribution in [2.24, 2.45) is 17.3 Å². The lowest BCUT2D eigenvalue weighted by Gasteiger charge is -2.55. The smallest absolute Gasteiger partial charge is 0.187 e. The SMILES string of the molecule is CO[C@H]1C[C@H](O[C@H]2[C@@H](OC)C[C@H](O[C@@H]3CC4=CC[C@H]5C(=O)[C@@](O)(c6ccoc6C)CC[C@@H]5[C@@]4(C)C[C@H]3O)O[C@@H]2C)O[C@@H](C)[C@H]1O[C@H]1C[C@H](OC)[C@H](O[C@@H]2O[C@H](CO)[C@@H](O)[C@H](O)[C@H]2O)[C@@H](C)O1. The highest BCUT2D eigenvalue weighted by Crippen LogP contribution is 2.59. The second kappa shape index (κ2) is 20.4. The van der Waals surface area contributed by atoms with E-state index in [1.165, 1.54) is 13.4 Å². The van der Waals surface area contributed by atoms with Gasteiger partial charge in [-0.05, 0) is 77.2 Å². The number of methoxy groups -OCH3 is 3. The van der Waals surface area contributed by atoms with Gasteiger partial charge in [0.05, 0.1) is 61.7 Å². The molecule has 5 heterocycles. The van der Waals surface area contributed by atoms with Crippen LogP contribution in [0.2, 0.25) is 0 Å². The minimum atomic E-state index is -1.59. The lowest BCUT2D eigenvalue weighted by atomic mass is 9.51. The van der Waals surface area contributed by atoms with Crippen LogP contribution in [-0.4, -0.2) is 181 Å². The molecule has 8 rings (SSSR count). The quantitative estimate of drug-likeness (QED) is 0.154. The molecule has 0 radical (unpaired) electrons. The third kappa shape index (κ3) is 9.48. The van der Waals surface area contributed by atoms with E-state index < -0.39 is 134 Å². The number of carbonyl (C=O) groups excluding carboxylic acids is 1. The lowest BCUT2D eigenvalue weighted by molar-refractivity contribution is -0.357. The zero-order valence-corrected chi connectivity index (χ0v) is 39.2. The molecular weight excluding hydrogens is 868 g/mol. The summed E-state index contributed by atoms with van der Waals surface area (Å²) in [5.74, 6) is -0.0102. The molecule has 19 nitrogen and oxygen atoms in total. The van der Waals surface area contributed by atoms with Gasteiger partial charge < -0.3 is 87.2 Å². The summed E-state index contributed by atoms with van der Waals surface area (Å²) in [5.41, 5.74) is -0.300. The number of ether oxygens (including phenoxy) is 11. The molecule has 0 aromatic carbocycles. The maximum absolute atomic E-state index is 14.0. The minimum Gasteiger partial charge on any atom is -0.469 e. The van der Waals surface area contributed by atoms with Gasteiger partial charge in [-0.1, -0.05) is 18.6 Å². The fourth-order valence-corrected chi connectivity index (χ4v) is 12.1. The molecule has 1 aromatic rings. The van der Waals surface area contributed by atoms with E-state index in [2.05, 4.69) is 13.0 Å². The Bertz CT molecular complexity index is 1830. The Hall–Kier alpha value is -1.99. The number of hydrogen-bond donors (Lipinski definition) is 6. The third-order valence-corrected chi connectivity index (χ3v) is 15.9. The van der Waals surface area contributed by atoms with Gasteiger partial charge in [0.25, 0.3) is 0 Å². The van der Waals surface area contributed by atoms with Crippen LogP contribution in [0.4, 0.5) is 0 Å². The minimum absolute atomic E-state index is 0.0184. The van der Waals surface area contributed by atoms with Crippen molar-refractivity contribution in [3.63, 3.8) is 0 Å². The molecule has 3 aliphatic carbocycles. The molecule has 0 bridgehead atoms. The topological polar surface area (TPSA) is 253 Å². The predicted molar refractivity (Wildman–Crippen MR) is 227 cm³/mol. The second-order valence-corrected chi connectivity index (χ2v) is 19.7. The number of carbonyl (C=O) groups is 1. The van der Waals surface area contributed by atoms with Gasteiger partial charge in [-0.25, -0.2) is 0 Å². The van der Waals surface area contributed by atoms with E-state index in [1.807, 2.05) is 13.8 Å². The van der Waals surface area contributed by atoms with Crippen LogP contribution in [0.5, 0.6) is 0 Å². The van der Waals surface area contributed by atoms with Crippen LogP contribution in [0.3, 0.4) is 0 Å². The summed E-state index contributed by atoms with van der Waals surface area (Å²) < 4.78 is 73.5. The van der Waals surface area contributed by atoms with E-state index in [9.17, 15) is 35.4 Å². The van der Waals surface area contributed by atoms with Crippen LogP contribution < -0.4 is 0 Å². The summed E-state index contributed by atoms with van der Waals surface area (Å²) in [7, 11) is 4.72. The number of aryl methyl sites for hydroxylation is 1. The van der Waals surface area contributed by atoms with Gasteiger partial charge in [0.2, 0.25) is 0 Å². The number of hydrogen-bond acceptors (Lipinski definition) is 19. The molecule has 23 atom stereocenters. The molecule has 0 unspecified atom stereocenters. The molecule has 6 N–H and O–H groups in total. The van der Waals surface area contributed by atoms with Crippen LogP contribution in [0.25, 0.3) is 0 Å². The second-order valence-electron chi connectivity index (χ2n) is 19.7. The largest absolute Gasteiger partial charge is 0.469 e. The van der Waals surface area contributed by atoms with Crippen LogP contribution >= 0.6 is 0 Å². The van der Waals surface area contributed by atoms with Gasteiger partial charge in [-0.3, -0.25) is 4.79 Å². The summed E-state index contributed by atoms with van der Waals surface area (Å²) in [6.45, 7) is 8.84. The van der Waals surface area contributed by atoms with Crippen molar-refractivity contribution in [2.45, 2.75) is 208 Å². The first-order chi connectivity index (χ1) is 31.4. The van der Waals surface area contributed by atoms with Gasteiger partial charge in [-0.2, -0.15) is 0 Å². The van der Waals surface area contributed by atoms with Crippen molar-refractivity contribution in [1.29, 1.82) is 0 Å². The van der Waals surface area contributed by atoms with Gasteiger partial charge in [-0.15, -0.1) is 0 Å². The van der Waals surface area contributed by atoms with Crippen LogP contribution in [0.15, 0.2) is 28.4 Å². The van der Waals surface area contributed by atoms with Gasteiger partial charge in [0.1, 0.15) is 48.5 Å². The molecule has 6 fully saturated rings. The fourth-order valence-electron chi connectivity index (χ4n) is 12.1. The van der Waals surface area contributed by atoms with Crippen molar-refractivity contribution in [2.75, 3.05) is 27.9 Å². The van der Waals surface area contributed by atoms with E-state index in [1.54, 1.807) is 34.1 Å². The van der Waals surface area contributed by atoms with E-state index in [0.29, 0.717) is 56.3 Å². The van der Waals surface area contributed by atoms with Crippen LogP contribution in [0, 0.1) is 24.2 Å². The molecule has 2 saturated carbocycles. The predicted octanol–water partition coefficient (Wildman–Crippen LogP) is 1.65. The Morgan fingerprint density at radius 2 is 1.29 bits per heavy atom. The van der Waals surface area contributed by atoms with E-state index in [0.717, 1.165) is 5.57 Å². The van der Waals surface area contributed by atoms with E-state index in [-0.39, 0.29) is 24.0 Å². The van der Waals surface area contributed by atoms with Crippen molar-refractivity contribution in [3.05, 3.63) is 35.3 Å². The number of ketones is 1. The molecule has 19 heteroatoms. The first-order valence-electron chi connectivity index (χ1n) is 23.6. The highest BCUT2D eigenvalue weighted by molar-refractivity contribution is 5.92. The van der Waals surface area contributed by atoms with Crippen molar-refractivity contribution in [1.82, 2.24) is 0 Å². The number of fused-ring (bicyclic) bond motifs is 3. The van der Waals surface area contributed by atoms with Crippen molar-refractivity contribution in [3.8, 4) is 0 Å².